The first-order valence-electron chi connectivity index (χ1n) is 7.23. The number of carbonyl (C=O) groups excluding carboxylic acids is 2. The summed E-state index contributed by atoms with van der Waals surface area (Å²) in [7, 11) is -2.48. The smallest absolute Gasteiger partial charge is 0.239 e. The standard InChI is InChI=1S/C17H16ClNO5S/c1-24-16-5-3-2-4-14(16)19-17(21)11-25(22,23)10-15(20)12-6-8-13(18)9-7-12/h2-9H,10-11H2,1H3,(H,19,21). The Labute approximate surface area is 150 Å². The third-order valence-corrected chi connectivity index (χ3v) is 4.91. The van der Waals surface area contributed by atoms with Gasteiger partial charge in [-0.3, -0.25) is 9.59 Å². The molecule has 0 bridgehead atoms. The average molecular weight is 382 g/mol. The first kappa shape index (κ1) is 19.0. The Morgan fingerprint density at radius 3 is 2.32 bits per heavy atom. The van der Waals surface area contributed by atoms with Crippen molar-refractivity contribution >= 4 is 38.8 Å². The van der Waals surface area contributed by atoms with Crippen LogP contribution >= 0.6 is 11.6 Å². The highest BCUT2D eigenvalue weighted by Crippen LogP contribution is 2.23. The number of amides is 1. The van der Waals surface area contributed by atoms with Gasteiger partial charge in [-0.1, -0.05) is 23.7 Å². The molecule has 25 heavy (non-hydrogen) atoms. The first-order valence-corrected chi connectivity index (χ1v) is 9.43. The molecular weight excluding hydrogens is 366 g/mol. The minimum Gasteiger partial charge on any atom is -0.495 e. The van der Waals surface area contributed by atoms with Gasteiger partial charge in [-0.2, -0.15) is 0 Å². The van der Waals surface area contributed by atoms with E-state index in [0.717, 1.165) is 0 Å². The van der Waals surface area contributed by atoms with Crippen LogP contribution in [0.15, 0.2) is 48.5 Å². The van der Waals surface area contributed by atoms with Crippen LogP contribution in [0.4, 0.5) is 5.69 Å². The van der Waals surface area contributed by atoms with Gasteiger partial charge in [0.15, 0.2) is 15.6 Å². The topological polar surface area (TPSA) is 89.5 Å². The van der Waals surface area contributed by atoms with E-state index < -0.39 is 33.0 Å². The van der Waals surface area contributed by atoms with Gasteiger partial charge in [0, 0.05) is 10.6 Å². The lowest BCUT2D eigenvalue weighted by atomic mass is 10.1. The molecule has 0 saturated carbocycles. The van der Waals surface area contributed by atoms with Crippen molar-refractivity contribution in [2.24, 2.45) is 0 Å². The molecule has 0 unspecified atom stereocenters. The number of halogens is 1. The zero-order valence-corrected chi connectivity index (χ0v) is 14.9. The molecule has 0 spiro atoms. The van der Waals surface area contributed by atoms with Crippen LogP contribution < -0.4 is 10.1 Å². The maximum absolute atomic E-state index is 12.1. The number of methoxy groups -OCH3 is 1. The molecule has 1 N–H and O–H groups in total. The summed E-state index contributed by atoms with van der Waals surface area (Å²) in [6.07, 6.45) is 0. The Balaban J connectivity index is 2.01. The van der Waals surface area contributed by atoms with Crippen LogP contribution in [0.3, 0.4) is 0 Å². The van der Waals surface area contributed by atoms with Gasteiger partial charge in [0.2, 0.25) is 5.91 Å². The number of anilines is 1. The molecule has 0 aliphatic carbocycles. The summed E-state index contributed by atoms with van der Waals surface area (Å²) in [5, 5.41) is 2.91. The van der Waals surface area contributed by atoms with Gasteiger partial charge < -0.3 is 10.1 Å². The SMILES string of the molecule is COc1ccccc1NC(=O)CS(=O)(=O)CC(=O)c1ccc(Cl)cc1. The second-order valence-electron chi connectivity index (χ2n) is 5.21. The van der Waals surface area contributed by atoms with Crippen molar-refractivity contribution in [3.8, 4) is 5.75 Å². The van der Waals surface area contributed by atoms with E-state index >= 15 is 0 Å². The number of ether oxygens (including phenoxy) is 1. The fourth-order valence-electron chi connectivity index (χ4n) is 2.10. The van der Waals surface area contributed by atoms with Crippen molar-refractivity contribution < 1.29 is 22.7 Å². The lowest BCUT2D eigenvalue weighted by Crippen LogP contribution is -2.27. The highest BCUT2D eigenvalue weighted by Gasteiger charge is 2.22. The third-order valence-electron chi connectivity index (χ3n) is 3.25. The quantitative estimate of drug-likeness (QED) is 0.744. The molecule has 0 atom stereocenters. The van der Waals surface area contributed by atoms with Crippen molar-refractivity contribution in [3.05, 3.63) is 59.1 Å². The second kappa shape index (κ2) is 8.13. The van der Waals surface area contributed by atoms with Gasteiger partial charge in [0.1, 0.15) is 17.3 Å². The number of benzene rings is 2. The molecule has 0 fully saturated rings. The molecule has 2 aromatic carbocycles. The fourth-order valence-corrected chi connectivity index (χ4v) is 3.37. The largest absolute Gasteiger partial charge is 0.495 e. The molecule has 2 rings (SSSR count). The number of carbonyl (C=O) groups is 2. The molecule has 0 aliphatic rings. The molecule has 0 aromatic heterocycles. The van der Waals surface area contributed by atoms with E-state index in [1.54, 1.807) is 24.3 Å². The van der Waals surface area contributed by atoms with E-state index in [-0.39, 0.29) is 5.56 Å². The van der Waals surface area contributed by atoms with Crippen LogP contribution in [0, 0.1) is 0 Å². The molecule has 132 valence electrons. The maximum atomic E-state index is 12.1. The van der Waals surface area contributed by atoms with Gasteiger partial charge in [0.05, 0.1) is 12.8 Å². The number of hydrogen-bond donors (Lipinski definition) is 1. The Morgan fingerprint density at radius 2 is 1.68 bits per heavy atom. The molecule has 2 aromatic rings. The molecule has 0 saturated heterocycles. The number of nitrogens with one attached hydrogen (secondary N) is 1. The molecule has 8 heteroatoms. The van der Waals surface area contributed by atoms with Gasteiger partial charge >= 0.3 is 0 Å². The van der Waals surface area contributed by atoms with E-state index in [0.29, 0.717) is 16.5 Å². The molecule has 6 nitrogen and oxygen atoms in total. The predicted octanol–water partition coefficient (Wildman–Crippen LogP) is 2.58. The van der Waals surface area contributed by atoms with Crippen molar-refractivity contribution in [1.29, 1.82) is 0 Å². The third kappa shape index (κ3) is 5.58. The zero-order valence-electron chi connectivity index (χ0n) is 13.4. The summed E-state index contributed by atoms with van der Waals surface area (Å²) in [6.45, 7) is 0. The van der Waals surface area contributed by atoms with E-state index in [1.165, 1.54) is 31.4 Å². The van der Waals surface area contributed by atoms with Crippen LogP contribution in [0.25, 0.3) is 0 Å². The Morgan fingerprint density at radius 1 is 1.04 bits per heavy atom. The lowest BCUT2D eigenvalue weighted by molar-refractivity contribution is -0.113. The summed E-state index contributed by atoms with van der Waals surface area (Å²) in [5.74, 6) is -2.49. The number of para-hydroxylation sites is 2. The van der Waals surface area contributed by atoms with E-state index in [1.807, 2.05) is 0 Å². The van der Waals surface area contributed by atoms with E-state index in [4.69, 9.17) is 16.3 Å². The highest BCUT2D eigenvalue weighted by atomic mass is 35.5. The van der Waals surface area contributed by atoms with Gasteiger partial charge in [-0.05, 0) is 36.4 Å². The normalized spacial score (nSPS) is 11.0. The van der Waals surface area contributed by atoms with Crippen LogP contribution in [0.5, 0.6) is 5.75 Å². The predicted molar refractivity (Wildman–Crippen MR) is 96.1 cm³/mol. The molecule has 1 amide bonds. The summed E-state index contributed by atoms with van der Waals surface area (Å²) in [4.78, 5) is 24.0. The molecular formula is C17H16ClNO5S. The Kier molecular flexibility index (Phi) is 6.17. The van der Waals surface area contributed by atoms with Crippen LogP contribution in [0.2, 0.25) is 5.02 Å². The monoisotopic (exact) mass is 381 g/mol. The van der Waals surface area contributed by atoms with Crippen molar-refractivity contribution in [1.82, 2.24) is 0 Å². The van der Waals surface area contributed by atoms with Crippen LogP contribution in [0.1, 0.15) is 10.4 Å². The minimum atomic E-state index is -3.91. The molecule has 0 radical (unpaired) electrons. The minimum absolute atomic E-state index is 0.220. The number of hydrogen-bond acceptors (Lipinski definition) is 5. The van der Waals surface area contributed by atoms with Crippen LogP contribution in [-0.2, 0) is 14.6 Å². The second-order valence-corrected chi connectivity index (χ2v) is 7.71. The van der Waals surface area contributed by atoms with Crippen molar-refractivity contribution in [3.63, 3.8) is 0 Å². The summed E-state index contributed by atoms with van der Waals surface area (Å²) < 4.78 is 29.3. The summed E-state index contributed by atoms with van der Waals surface area (Å²) in [5.41, 5.74) is 0.576. The zero-order chi connectivity index (χ0) is 18.4. The van der Waals surface area contributed by atoms with Gasteiger partial charge in [-0.25, -0.2) is 8.42 Å². The maximum Gasteiger partial charge on any atom is 0.239 e. The van der Waals surface area contributed by atoms with E-state index in [2.05, 4.69) is 5.32 Å². The molecule has 0 aliphatic heterocycles. The summed E-state index contributed by atoms with van der Waals surface area (Å²) >= 11 is 5.73. The first-order chi connectivity index (χ1) is 11.8. The number of Topliss-reactive ketones (excluding diaryl/α,β-unsaturated/α-hetero) is 1. The van der Waals surface area contributed by atoms with E-state index in [9.17, 15) is 18.0 Å². The Bertz CT molecular complexity index is 878. The van der Waals surface area contributed by atoms with Crippen molar-refractivity contribution in [2.45, 2.75) is 0 Å². The Hall–Kier alpha value is -2.38. The van der Waals surface area contributed by atoms with Gasteiger partial charge in [0.25, 0.3) is 0 Å². The van der Waals surface area contributed by atoms with Crippen LogP contribution in [-0.4, -0.2) is 38.7 Å². The number of sulfone groups is 1. The molecule has 0 heterocycles. The number of ketones is 1. The van der Waals surface area contributed by atoms with Crippen molar-refractivity contribution in [2.75, 3.05) is 23.9 Å². The highest BCUT2D eigenvalue weighted by molar-refractivity contribution is 7.92. The fraction of sp³-hybridized carbons (Fsp3) is 0.176. The lowest BCUT2D eigenvalue weighted by Gasteiger charge is -2.10. The number of rotatable bonds is 7. The average Bonchev–Trinajstić information content (AvgIpc) is 2.54. The van der Waals surface area contributed by atoms with Gasteiger partial charge in [-0.15, -0.1) is 0 Å². The summed E-state index contributed by atoms with van der Waals surface area (Å²) in [6, 6.07) is 12.5.